The van der Waals surface area contributed by atoms with Crippen LogP contribution in [0.4, 0.5) is 0 Å². The Hall–Kier alpha value is -2.15. The first-order chi connectivity index (χ1) is 14.4. The average Bonchev–Trinajstić information content (AvgIpc) is 2.76. The Kier molecular flexibility index (Phi) is 8.08. The van der Waals surface area contributed by atoms with Crippen LogP contribution >= 0.6 is 0 Å². The first kappa shape index (κ1) is 22.5. The summed E-state index contributed by atoms with van der Waals surface area (Å²) in [4.78, 5) is 33.4. The van der Waals surface area contributed by atoms with Crippen molar-refractivity contribution in [3.8, 4) is 5.75 Å². The molecule has 0 saturated carbocycles. The van der Waals surface area contributed by atoms with E-state index in [1.807, 2.05) is 17.0 Å². The van der Waals surface area contributed by atoms with Crippen LogP contribution in [-0.4, -0.2) is 72.0 Å². The molecule has 0 aromatic carbocycles. The van der Waals surface area contributed by atoms with Gasteiger partial charge in [0, 0.05) is 32.4 Å². The van der Waals surface area contributed by atoms with E-state index in [9.17, 15) is 9.59 Å². The molecular weight excluding hydrogens is 380 g/mol. The van der Waals surface area contributed by atoms with Crippen LogP contribution in [0.15, 0.2) is 24.5 Å². The summed E-state index contributed by atoms with van der Waals surface area (Å²) in [6.07, 6.45) is 6.13. The minimum atomic E-state index is -0.167. The van der Waals surface area contributed by atoms with Gasteiger partial charge in [-0.05, 0) is 49.1 Å². The first-order valence-electron chi connectivity index (χ1n) is 11.3. The molecule has 2 aliphatic rings. The van der Waals surface area contributed by atoms with Gasteiger partial charge in [0.25, 0.3) is 0 Å². The van der Waals surface area contributed by atoms with E-state index in [1.165, 1.54) is 0 Å². The van der Waals surface area contributed by atoms with Crippen molar-refractivity contribution >= 4 is 11.8 Å². The maximum atomic E-state index is 12.8. The normalized spacial score (nSPS) is 21.7. The monoisotopic (exact) mass is 416 g/mol. The van der Waals surface area contributed by atoms with Gasteiger partial charge in [-0.3, -0.25) is 14.6 Å². The lowest BCUT2D eigenvalue weighted by Crippen LogP contribution is -2.58. The molecule has 7 heteroatoms. The van der Waals surface area contributed by atoms with Crippen LogP contribution in [0.25, 0.3) is 0 Å². The number of aromatic nitrogens is 1. The molecule has 1 N–H and O–H groups in total. The molecule has 1 aromatic rings. The summed E-state index contributed by atoms with van der Waals surface area (Å²) in [5.41, 5.74) is 0. The Labute approximate surface area is 180 Å². The minimum Gasteiger partial charge on any atom is -0.492 e. The molecule has 2 aliphatic heterocycles. The third-order valence-electron chi connectivity index (χ3n) is 6.54. The van der Waals surface area contributed by atoms with Crippen molar-refractivity contribution in [2.45, 2.75) is 46.1 Å². The number of nitrogens with zero attached hydrogens (tertiary/aromatic N) is 3. The minimum absolute atomic E-state index is 0.0625. The van der Waals surface area contributed by atoms with E-state index in [4.69, 9.17) is 4.74 Å². The molecule has 0 aliphatic carbocycles. The number of likely N-dealkylation sites (tertiary alicyclic amines) is 1. The summed E-state index contributed by atoms with van der Waals surface area (Å²) in [6.45, 7) is 10.2. The highest BCUT2D eigenvalue weighted by molar-refractivity contribution is 5.88. The fourth-order valence-corrected chi connectivity index (χ4v) is 4.04. The van der Waals surface area contributed by atoms with E-state index >= 15 is 0 Å². The van der Waals surface area contributed by atoms with Gasteiger partial charge in [-0.15, -0.1) is 0 Å². The van der Waals surface area contributed by atoms with Crippen LogP contribution < -0.4 is 10.1 Å². The fourth-order valence-electron chi connectivity index (χ4n) is 4.04. The van der Waals surface area contributed by atoms with E-state index < -0.39 is 0 Å². The molecule has 30 heavy (non-hydrogen) atoms. The summed E-state index contributed by atoms with van der Waals surface area (Å²) >= 11 is 0. The van der Waals surface area contributed by atoms with Crippen molar-refractivity contribution in [1.82, 2.24) is 20.1 Å². The predicted molar refractivity (Wildman–Crippen MR) is 116 cm³/mol. The van der Waals surface area contributed by atoms with Crippen LogP contribution in [0.5, 0.6) is 5.75 Å². The third kappa shape index (κ3) is 6.17. The molecular formula is C23H36N4O3. The molecule has 2 amide bonds. The summed E-state index contributed by atoms with van der Waals surface area (Å²) in [7, 11) is 0. The van der Waals surface area contributed by atoms with E-state index in [0.29, 0.717) is 30.9 Å². The van der Waals surface area contributed by atoms with Gasteiger partial charge in [0.2, 0.25) is 11.8 Å². The van der Waals surface area contributed by atoms with Crippen LogP contribution in [-0.2, 0) is 9.59 Å². The lowest BCUT2D eigenvalue weighted by molar-refractivity contribution is -0.144. The summed E-state index contributed by atoms with van der Waals surface area (Å²) < 4.78 is 5.81. The van der Waals surface area contributed by atoms with Gasteiger partial charge in [-0.2, -0.15) is 0 Å². The molecule has 166 valence electrons. The maximum Gasteiger partial charge on any atom is 0.242 e. The highest BCUT2D eigenvalue weighted by Gasteiger charge is 2.32. The Morgan fingerprint density at radius 3 is 2.70 bits per heavy atom. The second-order valence-corrected chi connectivity index (χ2v) is 9.05. The smallest absolute Gasteiger partial charge is 0.242 e. The number of ether oxygens (including phenoxy) is 1. The first-order valence-corrected chi connectivity index (χ1v) is 11.3. The average molecular weight is 417 g/mol. The number of hydrogen-bond donors (Lipinski definition) is 1. The number of carbonyl (C=O) groups is 2. The quantitative estimate of drug-likeness (QED) is 0.703. The molecule has 2 saturated heterocycles. The number of piperidine rings is 1. The van der Waals surface area contributed by atoms with Crippen LogP contribution in [0.3, 0.4) is 0 Å². The molecule has 0 radical (unpaired) electrons. The number of rotatable bonds is 8. The van der Waals surface area contributed by atoms with Crippen molar-refractivity contribution < 1.29 is 14.3 Å². The standard InChI is InChI=1S/C23H36N4O3/c1-17(2)18(3)13-21-23(29)27(12-9-25-21)15-22(28)26-10-6-19(7-11-26)16-30-20-5-4-8-24-14-20/h4-5,8,14,17-19,21,25H,6-7,9-13,15-16H2,1-3H3. The Morgan fingerprint density at radius 1 is 1.27 bits per heavy atom. The van der Waals surface area contributed by atoms with E-state index in [-0.39, 0.29) is 24.4 Å². The number of pyridine rings is 1. The molecule has 0 bridgehead atoms. The van der Waals surface area contributed by atoms with Crippen LogP contribution in [0.1, 0.15) is 40.0 Å². The van der Waals surface area contributed by atoms with Gasteiger partial charge in [0.15, 0.2) is 0 Å². The van der Waals surface area contributed by atoms with Crippen molar-refractivity contribution in [3.63, 3.8) is 0 Å². The van der Waals surface area contributed by atoms with E-state index in [2.05, 4.69) is 31.1 Å². The number of nitrogens with one attached hydrogen (secondary N) is 1. The molecule has 7 nitrogen and oxygen atoms in total. The van der Waals surface area contributed by atoms with Gasteiger partial charge in [-0.1, -0.05) is 20.8 Å². The summed E-state index contributed by atoms with van der Waals surface area (Å²) in [5.74, 6) is 2.37. The largest absolute Gasteiger partial charge is 0.492 e. The Bertz CT molecular complexity index is 689. The SMILES string of the molecule is CC(C)C(C)CC1NCCN(CC(=O)N2CCC(COc3cccnc3)CC2)C1=O. The van der Waals surface area contributed by atoms with Gasteiger partial charge >= 0.3 is 0 Å². The zero-order valence-electron chi connectivity index (χ0n) is 18.5. The lowest BCUT2D eigenvalue weighted by atomic mass is 9.90. The highest BCUT2D eigenvalue weighted by atomic mass is 16.5. The van der Waals surface area contributed by atoms with Crippen molar-refractivity contribution in [2.24, 2.45) is 17.8 Å². The fraction of sp³-hybridized carbons (Fsp3) is 0.696. The second-order valence-electron chi connectivity index (χ2n) is 9.05. The highest BCUT2D eigenvalue weighted by Crippen LogP contribution is 2.21. The van der Waals surface area contributed by atoms with Gasteiger partial charge in [0.1, 0.15) is 5.75 Å². The lowest BCUT2D eigenvalue weighted by Gasteiger charge is -2.37. The Balaban J connectivity index is 1.42. The van der Waals surface area contributed by atoms with Gasteiger partial charge in [0.05, 0.1) is 25.4 Å². The summed E-state index contributed by atoms with van der Waals surface area (Å²) in [6, 6.07) is 3.60. The molecule has 0 spiro atoms. The molecule has 2 fully saturated rings. The number of amides is 2. The maximum absolute atomic E-state index is 12.8. The predicted octanol–water partition coefficient (Wildman–Crippen LogP) is 2.18. The molecule has 2 unspecified atom stereocenters. The van der Waals surface area contributed by atoms with Crippen LogP contribution in [0, 0.1) is 17.8 Å². The summed E-state index contributed by atoms with van der Waals surface area (Å²) in [5, 5.41) is 3.34. The van der Waals surface area contributed by atoms with Gasteiger partial charge < -0.3 is 19.9 Å². The van der Waals surface area contributed by atoms with Crippen LogP contribution in [0.2, 0.25) is 0 Å². The zero-order chi connectivity index (χ0) is 21.5. The topological polar surface area (TPSA) is 74.8 Å². The molecule has 3 rings (SSSR count). The number of hydrogen-bond acceptors (Lipinski definition) is 5. The van der Waals surface area contributed by atoms with E-state index in [0.717, 1.165) is 44.6 Å². The molecule has 2 atom stereocenters. The Morgan fingerprint density at radius 2 is 2.03 bits per heavy atom. The zero-order valence-corrected chi connectivity index (χ0v) is 18.5. The molecule has 3 heterocycles. The number of carbonyl (C=O) groups excluding carboxylic acids is 2. The second kappa shape index (κ2) is 10.8. The molecule has 1 aromatic heterocycles. The van der Waals surface area contributed by atoms with Crippen molar-refractivity contribution in [3.05, 3.63) is 24.5 Å². The van der Waals surface area contributed by atoms with Gasteiger partial charge in [-0.25, -0.2) is 0 Å². The van der Waals surface area contributed by atoms with E-state index in [1.54, 1.807) is 17.3 Å². The number of piperazine rings is 1. The van der Waals surface area contributed by atoms with Crippen molar-refractivity contribution in [2.75, 3.05) is 39.3 Å². The third-order valence-corrected chi connectivity index (χ3v) is 6.54. The van der Waals surface area contributed by atoms with Crippen molar-refractivity contribution in [1.29, 1.82) is 0 Å².